The van der Waals surface area contributed by atoms with Crippen LogP contribution >= 0.6 is 24.2 Å². The van der Waals surface area contributed by atoms with Crippen LogP contribution in [0.1, 0.15) is 5.56 Å². The number of hydrogen-bond donors (Lipinski definition) is 2. The molecular formula is C21H18ClFN6S. The highest BCUT2D eigenvalue weighted by atomic mass is 35.5. The van der Waals surface area contributed by atoms with E-state index in [0.29, 0.717) is 33.8 Å². The molecule has 0 saturated carbocycles. The van der Waals surface area contributed by atoms with Gasteiger partial charge in [-0.3, -0.25) is 4.98 Å². The molecule has 2 heterocycles. The lowest BCUT2D eigenvalue weighted by atomic mass is 9.98. The molecule has 2 aromatic heterocycles. The van der Waals surface area contributed by atoms with Crippen molar-refractivity contribution in [3.8, 4) is 22.4 Å². The summed E-state index contributed by atoms with van der Waals surface area (Å²) >= 11 is 1.48. The second kappa shape index (κ2) is 9.51. The quantitative estimate of drug-likeness (QED) is 0.344. The SMILES string of the molecule is Cl.Nc1cnc(-c2ccc(-c3ccccc3CSc3nccc(N)n3)cc2F)cn1. The minimum absolute atomic E-state index is 0. The van der Waals surface area contributed by atoms with Gasteiger partial charge in [0.05, 0.1) is 18.1 Å². The topological polar surface area (TPSA) is 104 Å². The predicted molar refractivity (Wildman–Crippen MR) is 121 cm³/mol. The van der Waals surface area contributed by atoms with Crippen molar-refractivity contribution in [2.45, 2.75) is 10.9 Å². The number of hydrogen-bond acceptors (Lipinski definition) is 7. The Bertz CT molecular complexity index is 1160. The fourth-order valence-electron chi connectivity index (χ4n) is 2.86. The summed E-state index contributed by atoms with van der Waals surface area (Å²) in [6, 6.07) is 14.6. The standard InChI is InChI=1S/C21H17FN6S.ClH/c22-17-9-13(5-6-16(17)18-10-27-20(24)11-26-18)15-4-2-1-3-14(15)12-29-21-25-8-7-19(23)28-21;/h1-11H,12H2,(H2,24,27)(H2,23,25,28);1H. The summed E-state index contributed by atoms with van der Waals surface area (Å²) in [6.45, 7) is 0. The molecule has 152 valence electrons. The van der Waals surface area contributed by atoms with Crippen LogP contribution in [0.3, 0.4) is 0 Å². The molecule has 4 N–H and O–H groups in total. The maximum Gasteiger partial charge on any atom is 0.189 e. The smallest absolute Gasteiger partial charge is 0.189 e. The summed E-state index contributed by atoms with van der Waals surface area (Å²) in [5, 5.41) is 0.600. The number of thioether (sulfide) groups is 1. The maximum absolute atomic E-state index is 14.8. The summed E-state index contributed by atoms with van der Waals surface area (Å²) < 4.78 is 14.8. The normalized spacial score (nSPS) is 10.4. The van der Waals surface area contributed by atoms with Crippen LogP contribution in [0.25, 0.3) is 22.4 Å². The second-order valence-corrected chi connectivity index (χ2v) is 7.17. The molecule has 0 atom stereocenters. The van der Waals surface area contributed by atoms with Crippen LogP contribution in [0, 0.1) is 5.82 Å². The largest absolute Gasteiger partial charge is 0.384 e. The highest BCUT2D eigenvalue weighted by molar-refractivity contribution is 7.98. The van der Waals surface area contributed by atoms with Gasteiger partial charge in [0.1, 0.15) is 17.5 Å². The van der Waals surface area contributed by atoms with Gasteiger partial charge < -0.3 is 11.5 Å². The monoisotopic (exact) mass is 440 g/mol. The third-order valence-corrected chi connectivity index (χ3v) is 5.17. The van der Waals surface area contributed by atoms with Crippen molar-refractivity contribution >= 4 is 35.8 Å². The van der Waals surface area contributed by atoms with Gasteiger partial charge in [-0.2, -0.15) is 0 Å². The van der Waals surface area contributed by atoms with Crippen LogP contribution in [0.2, 0.25) is 0 Å². The van der Waals surface area contributed by atoms with Crippen LogP contribution in [0.4, 0.5) is 16.0 Å². The summed E-state index contributed by atoms with van der Waals surface area (Å²) in [5.41, 5.74) is 14.8. The molecule has 4 rings (SSSR count). The molecule has 0 aliphatic heterocycles. The lowest BCUT2D eigenvalue weighted by Gasteiger charge is -2.11. The summed E-state index contributed by atoms with van der Waals surface area (Å²) in [4.78, 5) is 16.5. The Labute approximate surface area is 183 Å². The van der Waals surface area contributed by atoms with Gasteiger partial charge in [0.15, 0.2) is 5.16 Å². The summed E-state index contributed by atoms with van der Waals surface area (Å²) in [5.74, 6) is 0.982. The van der Waals surface area contributed by atoms with Crippen molar-refractivity contribution < 1.29 is 4.39 Å². The molecule has 30 heavy (non-hydrogen) atoms. The molecule has 0 spiro atoms. The molecule has 0 radical (unpaired) electrons. The van der Waals surface area contributed by atoms with E-state index in [2.05, 4.69) is 19.9 Å². The van der Waals surface area contributed by atoms with Crippen molar-refractivity contribution in [2.75, 3.05) is 11.5 Å². The minimum atomic E-state index is -0.372. The van der Waals surface area contributed by atoms with E-state index in [4.69, 9.17) is 11.5 Å². The number of anilines is 2. The zero-order chi connectivity index (χ0) is 20.2. The molecule has 6 nitrogen and oxygen atoms in total. The van der Waals surface area contributed by atoms with E-state index >= 15 is 0 Å². The third-order valence-electron chi connectivity index (χ3n) is 4.26. The van der Waals surface area contributed by atoms with Crippen molar-refractivity contribution in [3.63, 3.8) is 0 Å². The van der Waals surface area contributed by atoms with E-state index in [1.165, 1.54) is 30.2 Å². The molecule has 2 aromatic carbocycles. The number of halogens is 2. The van der Waals surface area contributed by atoms with Crippen molar-refractivity contribution in [3.05, 3.63) is 78.5 Å². The second-order valence-electron chi connectivity index (χ2n) is 6.23. The Morgan fingerprint density at radius 1 is 0.867 bits per heavy atom. The average Bonchev–Trinajstić information content (AvgIpc) is 2.73. The Morgan fingerprint density at radius 2 is 1.70 bits per heavy atom. The van der Waals surface area contributed by atoms with Crippen molar-refractivity contribution in [1.82, 2.24) is 19.9 Å². The van der Waals surface area contributed by atoms with Crippen molar-refractivity contribution in [1.29, 1.82) is 0 Å². The van der Waals surface area contributed by atoms with Gasteiger partial charge in [-0.15, -0.1) is 12.4 Å². The average molecular weight is 441 g/mol. The molecule has 0 saturated heterocycles. The predicted octanol–water partition coefficient (Wildman–Crippen LogP) is 4.62. The van der Waals surface area contributed by atoms with Crippen LogP contribution in [-0.2, 0) is 5.75 Å². The molecule has 0 amide bonds. The van der Waals surface area contributed by atoms with Gasteiger partial charge in [0.25, 0.3) is 0 Å². The molecule has 9 heteroatoms. The lowest BCUT2D eigenvalue weighted by molar-refractivity contribution is 0.631. The van der Waals surface area contributed by atoms with E-state index in [1.54, 1.807) is 18.3 Å². The number of aromatic nitrogens is 4. The molecule has 0 aliphatic carbocycles. The Morgan fingerprint density at radius 3 is 2.43 bits per heavy atom. The molecule has 0 fully saturated rings. The van der Waals surface area contributed by atoms with Gasteiger partial charge in [-0.1, -0.05) is 42.1 Å². The highest BCUT2D eigenvalue weighted by Crippen LogP contribution is 2.31. The van der Waals surface area contributed by atoms with Crippen molar-refractivity contribution in [2.24, 2.45) is 0 Å². The molecular weight excluding hydrogens is 423 g/mol. The first-order valence-corrected chi connectivity index (χ1v) is 9.76. The minimum Gasteiger partial charge on any atom is -0.384 e. The summed E-state index contributed by atoms with van der Waals surface area (Å²) in [7, 11) is 0. The lowest BCUT2D eigenvalue weighted by Crippen LogP contribution is -1.96. The van der Waals surface area contributed by atoms with Crippen LogP contribution in [-0.4, -0.2) is 19.9 Å². The van der Waals surface area contributed by atoms with Crippen LogP contribution in [0.15, 0.2) is 72.3 Å². The Balaban J connectivity index is 0.00000256. The fourth-order valence-corrected chi connectivity index (χ4v) is 3.70. The molecule has 0 aliphatic rings. The van der Waals surface area contributed by atoms with Gasteiger partial charge in [0.2, 0.25) is 0 Å². The Hall–Kier alpha value is -3.23. The number of rotatable bonds is 5. The van der Waals surface area contributed by atoms with Gasteiger partial charge in [-0.05, 0) is 34.9 Å². The van der Waals surface area contributed by atoms with Gasteiger partial charge in [0, 0.05) is 17.5 Å². The van der Waals surface area contributed by atoms with E-state index in [1.807, 2.05) is 30.3 Å². The zero-order valence-corrected chi connectivity index (χ0v) is 17.3. The number of nitrogens with two attached hydrogens (primary N) is 2. The van der Waals surface area contributed by atoms with E-state index in [9.17, 15) is 4.39 Å². The molecule has 4 aromatic rings. The maximum atomic E-state index is 14.8. The van der Waals surface area contributed by atoms with Gasteiger partial charge >= 0.3 is 0 Å². The number of nitrogen functional groups attached to an aromatic ring is 2. The first kappa shape index (κ1) is 21.5. The van der Waals surface area contributed by atoms with E-state index < -0.39 is 0 Å². The summed E-state index contributed by atoms with van der Waals surface area (Å²) in [6.07, 6.45) is 4.50. The third kappa shape index (κ3) is 4.84. The number of benzene rings is 2. The molecule has 0 unspecified atom stereocenters. The van der Waals surface area contributed by atoms with E-state index in [0.717, 1.165) is 16.7 Å². The highest BCUT2D eigenvalue weighted by Gasteiger charge is 2.12. The molecule has 0 bridgehead atoms. The fraction of sp³-hybridized carbons (Fsp3) is 0.0476. The van der Waals surface area contributed by atoms with Crippen LogP contribution in [0.5, 0.6) is 0 Å². The van der Waals surface area contributed by atoms with Crippen LogP contribution < -0.4 is 11.5 Å². The van der Waals surface area contributed by atoms with E-state index in [-0.39, 0.29) is 18.2 Å². The first-order valence-electron chi connectivity index (χ1n) is 8.77. The first-order chi connectivity index (χ1) is 14.1. The Kier molecular flexibility index (Phi) is 6.81. The number of nitrogens with zero attached hydrogens (tertiary/aromatic N) is 4. The van der Waals surface area contributed by atoms with Gasteiger partial charge in [-0.25, -0.2) is 19.3 Å². The zero-order valence-electron chi connectivity index (χ0n) is 15.7.